The minimum atomic E-state index is -0.167. The van der Waals surface area contributed by atoms with Gasteiger partial charge in [-0.15, -0.1) is 0 Å². The van der Waals surface area contributed by atoms with Gasteiger partial charge in [-0.25, -0.2) is 0 Å². The Morgan fingerprint density at radius 3 is 2.58 bits per heavy atom. The highest BCUT2D eigenvalue weighted by molar-refractivity contribution is 6.09. The number of Topliss-reactive ketones (excluding diaryl/α,β-unsaturated/α-hetero) is 1. The van der Waals surface area contributed by atoms with E-state index in [0.717, 1.165) is 48.6 Å². The lowest BCUT2D eigenvalue weighted by molar-refractivity contribution is 0.0519. The number of nitrogens with zero attached hydrogens (tertiary/aromatic N) is 3. The van der Waals surface area contributed by atoms with E-state index in [0.29, 0.717) is 36.3 Å². The molecule has 6 rings (SSSR count). The van der Waals surface area contributed by atoms with E-state index in [1.165, 1.54) is 0 Å². The third-order valence-corrected chi connectivity index (χ3v) is 8.04. The number of H-pyrrole nitrogens is 1. The van der Waals surface area contributed by atoms with E-state index in [9.17, 15) is 14.4 Å². The highest BCUT2D eigenvalue weighted by atomic mass is 16.2. The second-order valence-corrected chi connectivity index (χ2v) is 11.9. The molecule has 2 aliphatic carbocycles. The van der Waals surface area contributed by atoms with Gasteiger partial charge in [0.25, 0.3) is 11.8 Å². The topological polar surface area (TPSA) is 100 Å². The summed E-state index contributed by atoms with van der Waals surface area (Å²) in [6.07, 6.45) is 8.74. The lowest BCUT2D eigenvalue weighted by Crippen LogP contribution is -2.46. The Hall–Kier alpha value is -3.42. The predicted molar refractivity (Wildman–Crippen MR) is 136 cm³/mol. The van der Waals surface area contributed by atoms with E-state index in [2.05, 4.69) is 36.2 Å². The van der Waals surface area contributed by atoms with Crippen LogP contribution in [0.3, 0.4) is 0 Å². The Kier molecular flexibility index (Phi) is 5.14. The van der Waals surface area contributed by atoms with Crippen molar-refractivity contribution in [2.75, 3.05) is 13.1 Å². The van der Waals surface area contributed by atoms with Gasteiger partial charge in [-0.05, 0) is 76.5 Å². The summed E-state index contributed by atoms with van der Waals surface area (Å²) in [5.41, 5.74) is 3.40. The Bertz CT molecular complexity index is 1380. The van der Waals surface area contributed by atoms with Crippen LogP contribution in [0, 0.1) is 5.41 Å². The molecule has 8 heteroatoms. The quantitative estimate of drug-likeness (QED) is 0.582. The molecule has 1 spiro atoms. The molecule has 1 saturated heterocycles. The van der Waals surface area contributed by atoms with Gasteiger partial charge in [0, 0.05) is 60.0 Å². The van der Waals surface area contributed by atoms with E-state index >= 15 is 0 Å². The van der Waals surface area contributed by atoms with Crippen molar-refractivity contribution in [3.05, 3.63) is 53.0 Å². The molecule has 2 aromatic heterocycles. The third-order valence-electron chi connectivity index (χ3n) is 8.04. The van der Waals surface area contributed by atoms with Gasteiger partial charge in [0.1, 0.15) is 5.69 Å². The Balaban J connectivity index is 1.17. The normalized spacial score (nSPS) is 19.5. The first-order valence-corrected chi connectivity index (χ1v) is 13.0. The number of amides is 2. The number of carbonyl (C=O) groups excluding carboxylic acids is 3. The van der Waals surface area contributed by atoms with Crippen molar-refractivity contribution >= 4 is 28.5 Å². The number of nitrogens with one attached hydrogen (secondary N) is 2. The standard InChI is InChI=1S/C28H33N5O3/c1-27(2,3)33-16-18-13-28(14-23(34)24(18)31-33)8-10-32(11-9-28)26(36)17-4-7-22-20(12-17)21(15-29-22)25(35)30-19-5-6-19/h4,7,12,15-16,19,29H,5-6,8-11,13-14H2,1-3H3,(H,30,35). The average molecular weight is 488 g/mol. The second kappa shape index (κ2) is 8.05. The zero-order valence-corrected chi connectivity index (χ0v) is 21.2. The number of aromatic amines is 1. The summed E-state index contributed by atoms with van der Waals surface area (Å²) < 4.78 is 1.91. The Morgan fingerprint density at radius 1 is 1.14 bits per heavy atom. The summed E-state index contributed by atoms with van der Waals surface area (Å²) in [6.45, 7) is 7.50. The van der Waals surface area contributed by atoms with Gasteiger partial charge in [0.15, 0.2) is 5.78 Å². The molecular formula is C28H33N5O3. The van der Waals surface area contributed by atoms with Crippen molar-refractivity contribution in [1.82, 2.24) is 25.0 Å². The number of ketones is 1. The number of likely N-dealkylation sites (tertiary alicyclic amines) is 1. The van der Waals surface area contributed by atoms with Gasteiger partial charge in [0.2, 0.25) is 0 Å². The number of benzene rings is 1. The van der Waals surface area contributed by atoms with Crippen LogP contribution in [0.2, 0.25) is 0 Å². The maximum atomic E-state index is 13.4. The first-order valence-electron chi connectivity index (χ1n) is 13.0. The summed E-state index contributed by atoms with van der Waals surface area (Å²) >= 11 is 0. The lowest BCUT2D eigenvalue weighted by Gasteiger charge is -2.43. The first kappa shape index (κ1) is 23.0. The van der Waals surface area contributed by atoms with Crippen LogP contribution in [-0.2, 0) is 12.0 Å². The van der Waals surface area contributed by atoms with Gasteiger partial charge in [-0.1, -0.05) is 0 Å². The Morgan fingerprint density at radius 2 is 1.89 bits per heavy atom. The molecule has 0 unspecified atom stereocenters. The van der Waals surface area contributed by atoms with Crippen LogP contribution in [0.4, 0.5) is 0 Å². The molecule has 2 fully saturated rings. The average Bonchev–Trinajstić information content (AvgIpc) is 3.36. The fourth-order valence-electron chi connectivity index (χ4n) is 5.66. The number of fused-ring (bicyclic) bond motifs is 2. The summed E-state index contributed by atoms with van der Waals surface area (Å²) in [5, 5.41) is 8.39. The minimum Gasteiger partial charge on any atom is -0.360 e. The molecule has 36 heavy (non-hydrogen) atoms. The van der Waals surface area contributed by atoms with E-state index in [1.807, 2.05) is 34.0 Å². The second-order valence-electron chi connectivity index (χ2n) is 11.9. The smallest absolute Gasteiger partial charge is 0.253 e. The van der Waals surface area contributed by atoms with Crippen LogP contribution >= 0.6 is 0 Å². The number of hydrogen-bond donors (Lipinski definition) is 2. The predicted octanol–water partition coefficient (Wildman–Crippen LogP) is 4.06. The third kappa shape index (κ3) is 4.02. The molecule has 3 heterocycles. The molecule has 0 bridgehead atoms. The van der Waals surface area contributed by atoms with Crippen molar-refractivity contribution < 1.29 is 14.4 Å². The summed E-state index contributed by atoms with van der Waals surface area (Å²) in [4.78, 5) is 44.1. The zero-order chi connectivity index (χ0) is 25.2. The number of aromatic nitrogens is 3. The molecule has 1 aliphatic heterocycles. The molecule has 3 aromatic rings. The van der Waals surface area contributed by atoms with Crippen molar-refractivity contribution in [3.8, 4) is 0 Å². The molecule has 0 radical (unpaired) electrons. The van der Waals surface area contributed by atoms with Crippen LogP contribution in [0.5, 0.6) is 0 Å². The van der Waals surface area contributed by atoms with Crippen LogP contribution < -0.4 is 5.32 Å². The van der Waals surface area contributed by atoms with Crippen molar-refractivity contribution in [2.24, 2.45) is 5.41 Å². The number of rotatable bonds is 3. The first-order chi connectivity index (χ1) is 17.1. The van der Waals surface area contributed by atoms with Crippen LogP contribution in [-0.4, -0.2) is 56.4 Å². The lowest BCUT2D eigenvalue weighted by atomic mass is 9.67. The maximum absolute atomic E-state index is 13.4. The highest BCUT2D eigenvalue weighted by Gasteiger charge is 2.43. The van der Waals surface area contributed by atoms with Crippen LogP contribution in [0.1, 0.15) is 89.6 Å². The van der Waals surface area contributed by atoms with Crippen LogP contribution in [0.25, 0.3) is 10.9 Å². The van der Waals surface area contributed by atoms with Gasteiger partial charge in [-0.2, -0.15) is 5.10 Å². The molecule has 188 valence electrons. The highest BCUT2D eigenvalue weighted by Crippen LogP contribution is 2.43. The molecular weight excluding hydrogens is 454 g/mol. The van der Waals surface area contributed by atoms with E-state index in [1.54, 1.807) is 6.20 Å². The van der Waals surface area contributed by atoms with Crippen molar-refractivity contribution in [2.45, 2.75) is 70.9 Å². The molecule has 8 nitrogen and oxygen atoms in total. The maximum Gasteiger partial charge on any atom is 0.253 e. The fraction of sp³-hybridized carbons (Fsp3) is 0.500. The van der Waals surface area contributed by atoms with E-state index < -0.39 is 0 Å². The SMILES string of the molecule is CC(C)(C)n1cc2c(n1)C(=O)CC1(CCN(C(=O)c3ccc4[nH]cc(C(=O)NC5CC5)c4c3)CC1)C2. The van der Waals surface area contributed by atoms with Gasteiger partial charge in [-0.3, -0.25) is 19.1 Å². The zero-order valence-electron chi connectivity index (χ0n) is 21.2. The van der Waals surface area contributed by atoms with E-state index in [-0.39, 0.29) is 34.6 Å². The van der Waals surface area contributed by atoms with E-state index in [4.69, 9.17) is 0 Å². The molecule has 0 atom stereocenters. The number of piperidine rings is 1. The summed E-state index contributed by atoms with van der Waals surface area (Å²) in [6, 6.07) is 5.80. The molecule has 3 aliphatic rings. The molecule has 2 N–H and O–H groups in total. The Labute approximate surface area is 210 Å². The number of hydrogen-bond acceptors (Lipinski definition) is 4. The number of carbonyl (C=O) groups is 3. The minimum absolute atomic E-state index is 0.0233. The monoisotopic (exact) mass is 487 g/mol. The summed E-state index contributed by atoms with van der Waals surface area (Å²) in [7, 11) is 0. The van der Waals surface area contributed by atoms with Crippen LogP contribution in [0.15, 0.2) is 30.6 Å². The molecule has 2 amide bonds. The summed E-state index contributed by atoms with van der Waals surface area (Å²) in [5.74, 6) is 0.00296. The largest absolute Gasteiger partial charge is 0.360 e. The van der Waals surface area contributed by atoms with Gasteiger partial charge >= 0.3 is 0 Å². The van der Waals surface area contributed by atoms with Crippen molar-refractivity contribution in [1.29, 1.82) is 0 Å². The fourth-order valence-corrected chi connectivity index (χ4v) is 5.66. The molecule has 1 aromatic carbocycles. The molecule has 1 saturated carbocycles. The van der Waals surface area contributed by atoms with Gasteiger partial charge in [0.05, 0.1) is 11.1 Å². The van der Waals surface area contributed by atoms with Gasteiger partial charge < -0.3 is 15.2 Å². The van der Waals surface area contributed by atoms with Crippen molar-refractivity contribution in [3.63, 3.8) is 0 Å².